The molecule has 0 aromatic heterocycles. The van der Waals surface area contributed by atoms with Crippen LogP contribution in [0.1, 0.15) is 25.5 Å². The van der Waals surface area contributed by atoms with E-state index in [4.69, 9.17) is 4.74 Å². The van der Waals surface area contributed by atoms with Gasteiger partial charge in [-0.25, -0.2) is 4.39 Å². The van der Waals surface area contributed by atoms with E-state index in [-0.39, 0.29) is 5.82 Å². The molecule has 0 spiro atoms. The first-order chi connectivity index (χ1) is 6.15. The van der Waals surface area contributed by atoms with Crippen LogP contribution in [0.5, 0.6) is 5.75 Å². The van der Waals surface area contributed by atoms with E-state index in [2.05, 4.69) is 0 Å². The molecule has 0 amide bonds. The molecule has 0 bridgehead atoms. The van der Waals surface area contributed by atoms with Crippen LogP contribution in [0.3, 0.4) is 0 Å². The summed E-state index contributed by atoms with van der Waals surface area (Å²) in [6, 6.07) is 4.13. The van der Waals surface area contributed by atoms with E-state index in [1.807, 2.05) is 6.92 Å². The number of hydrogen-bond acceptors (Lipinski definition) is 2. The van der Waals surface area contributed by atoms with Gasteiger partial charge in [0.25, 0.3) is 0 Å². The predicted octanol–water partition coefficient (Wildman–Crippen LogP) is 2.28. The normalized spacial score (nSPS) is 12.6. The molecule has 2 nitrogen and oxygen atoms in total. The Hall–Kier alpha value is -1.09. The van der Waals surface area contributed by atoms with Crippen LogP contribution in [0, 0.1) is 5.82 Å². The molecule has 0 heterocycles. The standard InChI is InChI=1S/C10H13FO2/c1-3-13-10-5-4-8(11)6-9(10)7(2)12/h4-7,12H,3H2,1-2H3. The van der Waals surface area contributed by atoms with Gasteiger partial charge in [-0.3, -0.25) is 0 Å². The molecule has 0 aliphatic heterocycles. The maximum atomic E-state index is 12.8. The SMILES string of the molecule is CCOc1ccc(F)cc1C(C)O. The van der Waals surface area contributed by atoms with Crippen molar-refractivity contribution >= 4 is 0 Å². The molecule has 72 valence electrons. The fraction of sp³-hybridized carbons (Fsp3) is 0.400. The van der Waals surface area contributed by atoms with E-state index < -0.39 is 6.10 Å². The fourth-order valence-corrected chi connectivity index (χ4v) is 1.13. The molecule has 1 aromatic rings. The zero-order chi connectivity index (χ0) is 9.84. The predicted molar refractivity (Wildman–Crippen MR) is 48.2 cm³/mol. The summed E-state index contributed by atoms with van der Waals surface area (Å²) in [4.78, 5) is 0. The summed E-state index contributed by atoms with van der Waals surface area (Å²) in [5.41, 5.74) is 0.488. The third-order valence-corrected chi connectivity index (χ3v) is 1.72. The van der Waals surface area contributed by atoms with Crippen molar-refractivity contribution in [1.82, 2.24) is 0 Å². The van der Waals surface area contributed by atoms with Gasteiger partial charge in [0, 0.05) is 5.56 Å². The van der Waals surface area contributed by atoms with Crippen molar-refractivity contribution in [1.29, 1.82) is 0 Å². The summed E-state index contributed by atoms with van der Waals surface area (Å²) in [6.07, 6.45) is -0.711. The average Bonchev–Trinajstić information content (AvgIpc) is 2.08. The molecule has 0 aliphatic rings. The molecule has 1 rings (SSSR count). The topological polar surface area (TPSA) is 29.5 Å². The van der Waals surface area contributed by atoms with E-state index in [1.165, 1.54) is 18.2 Å². The van der Waals surface area contributed by atoms with Crippen LogP contribution in [0.2, 0.25) is 0 Å². The van der Waals surface area contributed by atoms with Gasteiger partial charge in [0.2, 0.25) is 0 Å². The van der Waals surface area contributed by atoms with Gasteiger partial charge in [-0.1, -0.05) is 0 Å². The van der Waals surface area contributed by atoms with E-state index in [0.29, 0.717) is 17.9 Å². The van der Waals surface area contributed by atoms with Crippen molar-refractivity contribution in [3.8, 4) is 5.75 Å². The number of aliphatic hydroxyl groups is 1. The first-order valence-electron chi connectivity index (χ1n) is 4.25. The molecule has 1 unspecified atom stereocenters. The highest BCUT2D eigenvalue weighted by Gasteiger charge is 2.09. The second-order valence-electron chi connectivity index (χ2n) is 2.79. The summed E-state index contributed by atoms with van der Waals surface area (Å²) in [5.74, 6) is 0.179. The molecule has 1 N–H and O–H groups in total. The van der Waals surface area contributed by atoms with Gasteiger partial charge < -0.3 is 9.84 Å². The van der Waals surface area contributed by atoms with Gasteiger partial charge >= 0.3 is 0 Å². The van der Waals surface area contributed by atoms with Crippen LogP contribution >= 0.6 is 0 Å². The number of ether oxygens (including phenoxy) is 1. The van der Waals surface area contributed by atoms with Crippen LogP contribution in [0.25, 0.3) is 0 Å². The molecule has 1 aromatic carbocycles. The van der Waals surface area contributed by atoms with Crippen LogP contribution in [-0.4, -0.2) is 11.7 Å². The van der Waals surface area contributed by atoms with Crippen LogP contribution in [-0.2, 0) is 0 Å². The molecule has 0 radical (unpaired) electrons. The highest BCUT2D eigenvalue weighted by atomic mass is 19.1. The smallest absolute Gasteiger partial charge is 0.125 e. The number of hydrogen-bond donors (Lipinski definition) is 1. The zero-order valence-electron chi connectivity index (χ0n) is 7.75. The number of benzene rings is 1. The summed E-state index contributed by atoms with van der Waals surface area (Å²) in [5, 5.41) is 9.31. The Morgan fingerprint density at radius 1 is 1.54 bits per heavy atom. The van der Waals surface area contributed by atoms with Gasteiger partial charge in [-0.05, 0) is 32.0 Å². The number of aliphatic hydroxyl groups excluding tert-OH is 1. The Morgan fingerprint density at radius 2 is 2.23 bits per heavy atom. The second kappa shape index (κ2) is 4.23. The summed E-state index contributed by atoms with van der Waals surface area (Å²) in [6.45, 7) is 3.93. The maximum Gasteiger partial charge on any atom is 0.125 e. The van der Waals surface area contributed by atoms with E-state index in [9.17, 15) is 9.50 Å². The lowest BCUT2D eigenvalue weighted by Gasteiger charge is -2.11. The quantitative estimate of drug-likeness (QED) is 0.780. The van der Waals surface area contributed by atoms with Gasteiger partial charge in [-0.2, -0.15) is 0 Å². The van der Waals surface area contributed by atoms with Crippen molar-refractivity contribution in [3.05, 3.63) is 29.6 Å². The lowest BCUT2D eigenvalue weighted by Crippen LogP contribution is -2.00. The number of rotatable bonds is 3. The molecule has 0 fully saturated rings. The summed E-state index contributed by atoms with van der Waals surface area (Å²) in [7, 11) is 0. The van der Waals surface area contributed by atoms with Crippen molar-refractivity contribution in [2.75, 3.05) is 6.61 Å². The number of halogens is 1. The monoisotopic (exact) mass is 184 g/mol. The lowest BCUT2D eigenvalue weighted by molar-refractivity contribution is 0.191. The Morgan fingerprint density at radius 3 is 2.77 bits per heavy atom. The summed E-state index contributed by atoms with van der Waals surface area (Å²) < 4.78 is 18.0. The maximum absolute atomic E-state index is 12.8. The molecule has 0 saturated heterocycles. The van der Waals surface area contributed by atoms with Gasteiger partial charge in [-0.15, -0.1) is 0 Å². The first kappa shape index (κ1) is 9.99. The Balaban J connectivity index is 3.03. The zero-order valence-corrected chi connectivity index (χ0v) is 7.75. The molecule has 1 atom stereocenters. The molecule has 3 heteroatoms. The van der Waals surface area contributed by atoms with Crippen LogP contribution in [0.4, 0.5) is 4.39 Å². The van der Waals surface area contributed by atoms with Crippen LogP contribution < -0.4 is 4.74 Å². The minimum atomic E-state index is -0.711. The van der Waals surface area contributed by atoms with Crippen molar-refractivity contribution in [2.24, 2.45) is 0 Å². The van der Waals surface area contributed by atoms with Gasteiger partial charge in [0.1, 0.15) is 11.6 Å². The molecule has 13 heavy (non-hydrogen) atoms. The highest BCUT2D eigenvalue weighted by Crippen LogP contribution is 2.25. The largest absolute Gasteiger partial charge is 0.493 e. The minimum absolute atomic E-state index is 0.362. The molecular formula is C10H13FO2. The van der Waals surface area contributed by atoms with Crippen molar-refractivity contribution in [3.63, 3.8) is 0 Å². The molecule has 0 aliphatic carbocycles. The van der Waals surface area contributed by atoms with Gasteiger partial charge in [0.05, 0.1) is 12.7 Å². The fourth-order valence-electron chi connectivity index (χ4n) is 1.13. The Bertz CT molecular complexity index is 284. The highest BCUT2D eigenvalue weighted by molar-refractivity contribution is 5.35. The van der Waals surface area contributed by atoms with Crippen molar-refractivity contribution in [2.45, 2.75) is 20.0 Å². The molecule has 0 saturated carbocycles. The van der Waals surface area contributed by atoms with E-state index in [1.54, 1.807) is 6.92 Å². The second-order valence-corrected chi connectivity index (χ2v) is 2.79. The van der Waals surface area contributed by atoms with E-state index in [0.717, 1.165) is 0 Å². The first-order valence-corrected chi connectivity index (χ1v) is 4.25. The third-order valence-electron chi connectivity index (χ3n) is 1.72. The minimum Gasteiger partial charge on any atom is -0.493 e. The van der Waals surface area contributed by atoms with Crippen molar-refractivity contribution < 1.29 is 14.2 Å². The Kier molecular flexibility index (Phi) is 3.25. The summed E-state index contributed by atoms with van der Waals surface area (Å²) >= 11 is 0. The van der Waals surface area contributed by atoms with Gasteiger partial charge in [0.15, 0.2) is 0 Å². The lowest BCUT2D eigenvalue weighted by atomic mass is 10.1. The van der Waals surface area contributed by atoms with E-state index >= 15 is 0 Å². The third kappa shape index (κ3) is 2.42. The molecular weight excluding hydrogens is 171 g/mol. The van der Waals surface area contributed by atoms with Crippen LogP contribution in [0.15, 0.2) is 18.2 Å². The Labute approximate surface area is 77.0 Å². The average molecular weight is 184 g/mol.